The van der Waals surface area contributed by atoms with Crippen molar-refractivity contribution in [2.75, 3.05) is 0 Å². The van der Waals surface area contributed by atoms with Gasteiger partial charge in [0.15, 0.2) is 5.16 Å². The first-order valence-corrected chi connectivity index (χ1v) is 6.64. The number of nitrogens with one attached hydrogen (secondary N) is 1. The highest BCUT2D eigenvalue weighted by atomic mass is 32.2. The lowest BCUT2D eigenvalue weighted by Crippen LogP contribution is -1.97. The van der Waals surface area contributed by atoms with Gasteiger partial charge in [-0.2, -0.15) is 5.10 Å². The third kappa shape index (κ3) is 2.66. The summed E-state index contributed by atoms with van der Waals surface area (Å²) in [4.78, 5) is 4.36. The minimum atomic E-state index is 0.739. The molecular formula is C10H16N6S. The second-order valence-electron chi connectivity index (χ2n) is 3.65. The fourth-order valence-corrected chi connectivity index (χ4v) is 2.26. The van der Waals surface area contributed by atoms with Crippen LogP contribution in [0, 0.1) is 0 Å². The van der Waals surface area contributed by atoms with Gasteiger partial charge in [-0.3, -0.25) is 5.10 Å². The maximum atomic E-state index is 4.36. The smallest absolute Gasteiger partial charge is 0.191 e. The van der Waals surface area contributed by atoms with Crippen LogP contribution in [0.3, 0.4) is 0 Å². The van der Waals surface area contributed by atoms with E-state index in [0.717, 1.165) is 41.2 Å². The first-order valence-electron chi connectivity index (χ1n) is 5.65. The van der Waals surface area contributed by atoms with Crippen molar-refractivity contribution in [1.82, 2.24) is 29.9 Å². The molecular weight excluding hydrogens is 236 g/mol. The molecule has 7 heteroatoms. The van der Waals surface area contributed by atoms with Gasteiger partial charge in [-0.1, -0.05) is 25.6 Å². The van der Waals surface area contributed by atoms with Gasteiger partial charge < -0.3 is 4.57 Å². The largest absolute Gasteiger partial charge is 0.309 e. The van der Waals surface area contributed by atoms with E-state index >= 15 is 0 Å². The maximum Gasteiger partial charge on any atom is 0.191 e. The summed E-state index contributed by atoms with van der Waals surface area (Å²) >= 11 is 1.62. The van der Waals surface area contributed by atoms with E-state index in [9.17, 15) is 0 Å². The van der Waals surface area contributed by atoms with Crippen molar-refractivity contribution in [3.63, 3.8) is 0 Å². The van der Waals surface area contributed by atoms with Gasteiger partial charge in [0.1, 0.15) is 17.5 Å². The molecule has 0 aromatic carbocycles. The third-order valence-corrected chi connectivity index (χ3v) is 3.51. The normalized spacial score (nSPS) is 11.0. The highest BCUT2D eigenvalue weighted by Crippen LogP contribution is 2.19. The van der Waals surface area contributed by atoms with Gasteiger partial charge in [0.05, 0.1) is 5.75 Å². The van der Waals surface area contributed by atoms with Crippen LogP contribution in [0.25, 0.3) is 0 Å². The van der Waals surface area contributed by atoms with Crippen LogP contribution in [-0.4, -0.2) is 29.9 Å². The second-order valence-corrected chi connectivity index (χ2v) is 4.59. The summed E-state index contributed by atoms with van der Waals surface area (Å²) < 4.78 is 2.02. The topological polar surface area (TPSA) is 72.3 Å². The molecule has 0 aliphatic carbocycles. The van der Waals surface area contributed by atoms with Gasteiger partial charge in [0.25, 0.3) is 0 Å². The van der Waals surface area contributed by atoms with E-state index in [1.165, 1.54) is 0 Å². The van der Waals surface area contributed by atoms with E-state index in [4.69, 9.17) is 0 Å². The highest BCUT2D eigenvalue weighted by Gasteiger charge is 2.09. The molecule has 17 heavy (non-hydrogen) atoms. The lowest BCUT2D eigenvalue weighted by atomic mass is 10.5. The second kappa shape index (κ2) is 5.31. The highest BCUT2D eigenvalue weighted by molar-refractivity contribution is 7.98. The van der Waals surface area contributed by atoms with Crippen molar-refractivity contribution >= 4 is 11.8 Å². The predicted molar refractivity (Wildman–Crippen MR) is 65.7 cm³/mol. The van der Waals surface area contributed by atoms with Gasteiger partial charge in [-0.05, 0) is 0 Å². The summed E-state index contributed by atoms with van der Waals surface area (Å²) in [6, 6.07) is 0. The molecule has 0 fully saturated rings. The van der Waals surface area contributed by atoms with E-state index < -0.39 is 0 Å². The van der Waals surface area contributed by atoms with Crippen LogP contribution in [0.15, 0.2) is 5.16 Å². The Morgan fingerprint density at radius 3 is 2.65 bits per heavy atom. The van der Waals surface area contributed by atoms with Crippen LogP contribution in [0.5, 0.6) is 0 Å². The molecule has 0 radical (unpaired) electrons. The van der Waals surface area contributed by atoms with E-state index in [2.05, 4.69) is 32.3 Å². The zero-order valence-corrected chi connectivity index (χ0v) is 11.1. The van der Waals surface area contributed by atoms with Gasteiger partial charge in [0.2, 0.25) is 0 Å². The molecule has 1 N–H and O–H groups in total. The summed E-state index contributed by atoms with van der Waals surface area (Å²) in [5, 5.41) is 16.2. The Hall–Kier alpha value is -1.37. The Labute approximate surface area is 104 Å². The van der Waals surface area contributed by atoms with Crippen molar-refractivity contribution in [3.8, 4) is 0 Å². The van der Waals surface area contributed by atoms with Crippen LogP contribution >= 0.6 is 11.8 Å². The molecule has 0 atom stereocenters. The fourth-order valence-electron chi connectivity index (χ4n) is 1.47. The first kappa shape index (κ1) is 12.1. The van der Waals surface area contributed by atoms with Crippen LogP contribution in [0.4, 0.5) is 0 Å². The predicted octanol–water partition coefficient (Wildman–Crippen LogP) is 1.35. The zero-order valence-electron chi connectivity index (χ0n) is 10.3. The molecule has 0 spiro atoms. The van der Waals surface area contributed by atoms with Gasteiger partial charge >= 0.3 is 0 Å². The van der Waals surface area contributed by atoms with Crippen molar-refractivity contribution in [1.29, 1.82) is 0 Å². The van der Waals surface area contributed by atoms with Crippen molar-refractivity contribution in [3.05, 3.63) is 17.5 Å². The van der Waals surface area contributed by atoms with Gasteiger partial charge in [-0.25, -0.2) is 4.98 Å². The van der Waals surface area contributed by atoms with Gasteiger partial charge in [0, 0.05) is 19.9 Å². The molecule has 2 aromatic heterocycles. The summed E-state index contributed by atoms with van der Waals surface area (Å²) in [5.74, 6) is 3.47. The number of aryl methyl sites for hydroxylation is 2. The average molecular weight is 252 g/mol. The minimum absolute atomic E-state index is 0.739. The Kier molecular flexibility index (Phi) is 3.78. The summed E-state index contributed by atoms with van der Waals surface area (Å²) in [5.41, 5.74) is 0. The number of nitrogens with zero attached hydrogens (tertiary/aromatic N) is 5. The number of rotatable bonds is 5. The number of hydrogen-bond acceptors (Lipinski definition) is 5. The first-order chi connectivity index (χ1) is 8.24. The summed E-state index contributed by atoms with van der Waals surface area (Å²) in [6.45, 7) is 4.11. The molecule has 92 valence electrons. The summed E-state index contributed by atoms with van der Waals surface area (Å²) in [6.07, 6.45) is 1.75. The van der Waals surface area contributed by atoms with Crippen molar-refractivity contribution in [2.45, 2.75) is 37.6 Å². The molecule has 0 saturated carbocycles. The Morgan fingerprint density at radius 1 is 1.24 bits per heavy atom. The van der Waals surface area contributed by atoms with Crippen molar-refractivity contribution < 1.29 is 0 Å². The Bertz CT molecular complexity index is 489. The number of hydrogen-bond donors (Lipinski definition) is 1. The molecule has 0 unspecified atom stereocenters. The molecule has 0 saturated heterocycles. The van der Waals surface area contributed by atoms with Crippen LogP contribution < -0.4 is 0 Å². The van der Waals surface area contributed by atoms with E-state index in [1.807, 2.05) is 18.5 Å². The Balaban J connectivity index is 1.99. The van der Waals surface area contributed by atoms with Crippen LogP contribution in [0.2, 0.25) is 0 Å². The average Bonchev–Trinajstić information content (AvgIpc) is 2.93. The molecule has 0 aliphatic heterocycles. The number of H-pyrrole nitrogens is 1. The van der Waals surface area contributed by atoms with E-state index in [-0.39, 0.29) is 0 Å². The van der Waals surface area contributed by atoms with E-state index in [0.29, 0.717) is 0 Å². The number of aromatic amines is 1. The molecule has 6 nitrogen and oxygen atoms in total. The molecule has 2 aromatic rings. The number of thioether (sulfide) groups is 1. The summed E-state index contributed by atoms with van der Waals surface area (Å²) in [7, 11) is 1.99. The lowest BCUT2D eigenvalue weighted by Gasteiger charge is -2.00. The Morgan fingerprint density at radius 2 is 2.06 bits per heavy atom. The number of aromatic nitrogens is 6. The molecule has 0 amide bonds. The fraction of sp³-hybridized carbons (Fsp3) is 0.600. The van der Waals surface area contributed by atoms with Crippen LogP contribution in [0.1, 0.15) is 31.3 Å². The monoisotopic (exact) mass is 252 g/mol. The molecule has 0 bridgehead atoms. The van der Waals surface area contributed by atoms with Gasteiger partial charge in [-0.15, -0.1) is 10.2 Å². The lowest BCUT2D eigenvalue weighted by molar-refractivity contribution is 0.741. The minimum Gasteiger partial charge on any atom is -0.309 e. The van der Waals surface area contributed by atoms with Crippen molar-refractivity contribution in [2.24, 2.45) is 7.05 Å². The molecule has 2 heterocycles. The SMILES string of the molecule is CCc1n[nH]c(CSc2nnc(CC)n2C)n1. The molecule has 2 rings (SSSR count). The quantitative estimate of drug-likeness (QED) is 0.813. The standard InChI is InChI=1S/C10H16N6S/c1-4-7-11-8(13-12-7)6-17-10-15-14-9(5-2)16(10)3/h4-6H2,1-3H3,(H,11,12,13). The van der Waals surface area contributed by atoms with E-state index in [1.54, 1.807) is 11.8 Å². The zero-order chi connectivity index (χ0) is 12.3. The third-order valence-electron chi connectivity index (χ3n) is 2.47. The van der Waals surface area contributed by atoms with Crippen LogP contribution in [-0.2, 0) is 25.6 Å². The maximum absolute atomic E-state index is 4.36. The molecule has 0 aliphatic rings.